The zero-order valence-electron chi connectivity index (χ0n) is 17.2. The second-order valence-corrected chi connectivity index (χ2v) is 9.40. The lowest BCUT2D eigenvalue weighted by Crippen LogP contribution is -2.24. The summed E-state index contributed by atoms with van der Waals surface area (Å²) in [6, 6.07) is 13.3. The molecule has 0 fully saturated rings. The van der Waals surface area contributed by atoms with Gasteiger partial charge < -0.3 is 9.88 Å². The number of hydrogen-bond donors (Lipinski definition) is 3. The lowest BCUT2D eigenvalue weighted by Gasteiger charge is -2.10. The Morgan fingerprint density at radius 2 is 1.77 bits per heavy atom. The zero-order valence-corrected chi connectivity index (χ0v) is 19.6. The van der Waals surface area contributed by atoms with Gasteiger partial charge in [0.15, 0.2) is 0 Å². The van der Waals surface area contributed by atoms with Crippen LogP contribution >= 0.6 is 15.9 Å². The summed E-state index contributed by atoms with van der Waals surface area (Å²) in [5, 5.41) is 11.9. The molecule has 0 atom stereocenters. The Morgan fingerprint density at radius 1 is 1.10 bits per heavy atom. The predicted molar refractivity (Wildman–Crippen MR) is 125 cm³/mol. The van der Waals surface area contributed by atoms with Gasteiger partial charge in [-0.1, -0.05) is 15.9 Å². The molecular formula is C21H22BrN5O3S. The van der Waals surface area contributed by atoms with Crippen LogP contribution in [-0.2, 0) is 10.0 Å². The molecule has 4 N–H and O–H groups in total. The summed E-state index contributed by atoms with van der Waals surface area (Å²) in [5.74, 6) is 0. The van der Waals surface area contributed by atoms with Crippen molar-refractivity contribution in [3.05, 3.63) is 75.5 Å². The lowest BCUT2D eigenvalue weighted by atomic mass is 10.2. The predicted octanol–water partition coefficient (Wildman–Crippen LogP) is 3.97. The Bertz CT molecular complexity index is 1260. The van der Waals surface area contributed by atoms with Crippen molar-refractivity contribution >= 4 is 43.9 Å². The second-order valence-electron chi connectivity index (χ2n) is 6.99. The van der Waals surface area contributed by atoms with E-state index in [4.69, 9.17) is 5.14 Å². The summed E-state index contributed by atoms with van der Waals surface area (Å²) in [7, 11) is -3.74. The molecule has 31 heavy (non-hydrogen) atoms. The number of nitrogens with one attached hydrogen (secondary N) is 2. The number of nitrogens with zero attached hydrogens (tertiary/aromatic N) is 2. The third kappa shape index (κ3) is 5.40. The summed E-state index contributed by atoms with van der Waals surface area (Å²) in [5.41, 5.74) is 7.53. The number of sulfonamides is 1. The highest BCUT2D eigenvalue weighted by atomic mass is 79.9. The Kier molecular flexibility index (Phi) is 6.63. The molecule has 0 spiro atoms. The fourth-order valence-corrected chi connectivity index (χ4v) is 3.90. The minimum atomic E-state index is -3.74. The van der Waals surface area contributed by atoms with E-state index >= 15 is 0 Å². The average molecular weight is 504 g/mol. The number of hydrogen-bond acceptors (Lipinski definition) is 4. The number of amides is 2. The van der Waals surface area contributed by atoms with Gasteiger partial charge in [0, 0.05) is 32.8 Å². The van der Waals surface area contributed by atoms with Crippen molar-refractivity contribution in [3.8, 4) is 5.69 Å². The maximum absolute atomic E-state index is 12.1. The molecule has 0 unspecified atom stereocenters. The fourth-order valence-electron chi connectivity index (χ4n) is 3.14. The molecular weight excluding hydrogens is 482 g/mol. The van der Waals surface area contributed by atoms with Crippen molar-refractivity contribution in [3.63, 3.8) is 0 Å². The maximum atomic E-state index is 12.1. The van der Waals surface area contributed by atoms with E-state index in [1.54, 1.807) is 24.4 Å². The van der Waals surface area contributed by atoms with Crippen molar-refractivity contribution in [2.45, 2.75) is 25.7 Å². The monoisotopic (exact) mass is 503 g/mol. The van der Waals surface area contributed by atoms with E-state index in [1.807, 2.05) is 43.5 Å². The van der Waals surface area contributed by atoms with Crippen molar-refractivity contribution < 1.29 is 13.2 Å². The largest absolute Gasteiger partial charge is 0.339 e. The molecule has 2 amide bonds. The molecule has 3 aromatic rings. The maximum Gasteiger partial charge on any atom is 0.339 e. The highest BCUT2D eigenvalue weighted by molar-refractivity contribution is 9.10. The number of aryl methyl sites for hydroxylation is 2. The van der Waals surface area contributed by atoms with Crippen LogP contribution in [0.2, 0.25) is 0 Å². The van der Waals surface area contributed by atoms with Gasteiger partial charge in [0.25, 0.3) is 0 Å². The average Bonchev–Trinajstić information content (AvgIpc) is 2.97. The first-order valence-electron chi connectivity index (χ1n) is 9.24. The van der Waals surface area contributed by atoms with Crippen LogP contribution < -0.4 is 15.9 Å². The number of primary sulfonamides is 1. The van der Waals surface area contributed by atoms with Crippen molar-refractivity contribution in [2.75, 3.05) is 5.32 Å². The Balaban J connectivity index is 1.72. The molecule has 1 aromatic heterocycles. The molecule has 2 aromatic carbocycles. The number of hydrazone groups is 1. The van der Waals surface area contributed by atoms with Crippen LogP contribution in [0.5, 0.6) is 0 Å². The van der Waals surface area contributed by atoms with E-state index in [2.05, 4.69) is 31.8 Å². The van der Waals surface area contributed by atoms with Crippen LogP contribution in [0.1, 0.15) is 22.5 Å². The summed E-state index contributed by atoms with van der Waals surface area (Å²) in [6.45, 7) is 5.77. The normalized spacial score (nSPS) is 11.6. The number of carbonyl (C=O) groups is 1. The van der Waals surface area contributed by atoms with E-state index in [0.29, 0.717) is 5.69 Å². The highest BCUT2D eigenvalue weighted by Gasteiger charge is 2.12. The molecule has 0 saturated heterocycles. The third-order valence-corrected chi connectivity index (χ3v) is 6.50. The molecule has 0 aliphatic heterocycles. The van der Waals surface area contributed by atoms with Crippen LogP contribution in [0.4, 0.5) is 10.5 Å². The van der Waals surface area contributed by atoms with Crippen LogP contribution in [0, 0.1) is 20.8 Å². The number of aromatic nitrogens is 1. The van der Waals surface area contributed by atoms with Gasteiger partial charge in [0.2, 0.25) is 10.0 Å². The van der Waals surface area contributed by atoms with Gasteiger partial charge in [0.05, 0.1) is 11.1 Å². The summed E-state index contributed by atoms with van der Waals surface area (Å²) < 4.78 is 25.8. The van der Waals surface area contributed by atoms with Gasteiger partial charge >= 0.3 is 6.03 Å². The number of nitrogens with two attached hydrogens (primary N) is 1. The number of carbonyl (C=O) groups excluding carboxylic acids is 1. The van der Waals surface area contributed by atoms with Gasteiger partial charge in [-0.15, -0.1) is 0 Å². The number of anilines is 1. The number of rotatable bonds is 5. The first-order valence-corrected chi connectivity index (χ1v) is 11.6. The molecule has 8 nitrogen and oxygen atoms in total. The number of urea groups is 1. The molecule has 0 bridgehead atoms. The zero-order chi connectivity index (χ0) is 22.8. The topological polar surface area (TPSA) is 119 Å². The van der Waals surface area contributed by atoms with Gasteiger partial charge in [0.1, 0.15) is 0 Å². The van der Waals surface area contributed by atoms with Gasteiger partial charge in [-0.25, -0.2) is 23.8 Å². The van der Waals surface area contributed by atoms with Crippen LogP contribution in [-0.4, -0.2) is 25.2 Å². The first-order chi connectivity index (χ1) is 14.6. The quantitative estimate of drug-likeness (QED) is 0.360. The van der Waals surface area contributed by atoms with Crippen LogP contribution in [0.3, 0.4) is 0 Å². The minimum Gasteiger partial charge on any atom is -0.318 e. The van der Waals surface area contributed by atoms with Crippen LogP contribution in [0.25, 0.3) is 5.69 Å². The Labute approximate surface area is 189 Å². The van der Waals surface area contributed by atoms with Gasteiger partial charge in [-0.3, -0.25) is 0 Å². The second kappa shape index (κ2) is 9.04. The van der Waals surface area contributed by atoms with E-state index < -0.39 is 16.1 Å². The van der Waals surface area contributed by atoms with E-state index in [1.165, 1.54) is 12.1 Å². The summed E-state index contributed by atoms with van der Waals surface area (Å²) in [6.07, 6.45) is 1.56. The molecule has 0 radical (unpaired) electrons. The van der Waals surface area contributed by atoms with E-state index in [0.717, 1.165) is 32.7 Å². The molecule has 162 valence electrons. The first kappa shape index (κ1) is 22.7. The number of benzene rings is 2. The van der Waals surface area contributed by atoms with E-state index in [-0.39, 0.29) is 4.90 Å². The Morgan fingerprint density at radius 3 is 2.39 bits per heavy atom. The van der Waals surface area contributed by atoms with Gasteiger partial charge in [-0.05, 0) is 74.9 Å². The Hall–Kier alpha value is -2.95. The molecule has 3 rings (SSSR count). The van der Waals surface area contributed by atoms with Crippen molar-refractivity contribution in [2.24, 2.45) is 10.2 Å². The minimum absolute atomic E-state index is 0.0525. The molecule has 0 aliphatic rings. The third-order valence-electron chi connectivity index (χ3n) is 4.68. The fraction of sp³-hybridized carbons (Fsp3) is 0.143. The molecule has 0 aliphatic carbocycles. The number of halogens is 1. The van der Waals surface area contributed by atoms with Crippen molar-refractivity contribution in [1.29, 1.82) is 0 Å². The molecule has 10 heteroatoms. The molecule has 1 heterocycles. The van der Waals surface area contributed by atoms with Crippen molar-refractivity contribution in [1.82, 2.24) is 9.99 Å². The lowest BCUT2D eigenvalue weighted by molar-refractivity contribution is 0.252. The SMILES string of the molecule is Cc1cc(NC(=O)N/N=C/c2cc(C)n(-c3ccc(S(N)(=O)=O)cc3)c2C)ccc1Br. The van der Waals surface area contributed by atoms with Crippen LogP contribution in [0.15, 0.2) is 63.0 Å². The smallest absolute Gasteiger partial charge is 0.318 e. The molecule has 0 saturated carbocycles. The standard InChI is InChI=1S/C21H22BrN5O3S/c1-13-10-17(4-9-20(13)22)25-21(28)26-24-12-16-11-14(2)27(15(16)3)18-5-7-19(8-6-18)31(23,29)30/h4-12H,1-3H3,(H2,23,29,30)(H2,25,26,28)/b24-12+. The summed E-state index contributed by atoms with van der Waals surface area (Å²) in [4.78, 5) is 12.1. The summed E-state index contributed by atoms with van der Waals surface area (Å²) >= 11 is 3.42. The highest BCUT2D eigenvalue weighted by Crippen LogP contribution is 2.21. The van der Waals surface area contributed by atoms with Gasteiger partial charge in [-0.2, -0.15) is 5.10 Å². The van der Waals surface area contributed by atoms with E-state index in [9.17, 15) is 13.2 Å².